The van der Waals surface area contributed by atoms with Gasteiger partial charge in [-0.05, 0) is 12.1 Å². The van der Waals surface area contributed by atoms with E-state index >= 15 is 0 Å². The fraction of sp³-hybridized carbons (Fsp3) is 0.556. The Balaban J connectivity index is 2.14. The van der Waals surface area contributed by atoms with Crippen LogP contribution in [-0.2, 0) is 20.5 Å². The molecule has 0 saturated carbocycles. The average Bonchev–Trinajstić information content (AvgIpc) is 2.76. The third-order valence-corrected chi connectivity index (χ3v) is 2.62. The summed E-state index contributed by atoms with van der Waals surface area (Å²) in [6, 6.07) is -0.141. The maximum absolute atomic E-state index is 6.08. The van der Waals surface area contributed by atoms with Gasteiger partial charge < -0.3 is 5.73 Å². The zero-order valence-corrected chi connectivity index (χ0v) is 9.62. The van der Waals surface area contributed by atoms with Gasteiger partial charge in [0.2, 0.25) is 0 Å². The van der Waals surface area contributed by atoms with E-state index in [0.29, 0.717) is 12.2 Å². The predicted octanol–water partition coefficient (Wildman–Crippen LogP) is -0.505. The van der Waals surface area contributed by atoms with Gasteiger partial charge in [0.15, 0.2) is 5.82 Å². The van der Waals surface area contributed by atoms with Gasteiger partial charge in [0.25, 0.3) is 0 Å². The summed E-state index contributed by atoms with van der Waals surface area (Å²) in [5, 5.41) is 15.9. The van der Waals surface area contributed by atoms with Crippen LogP contribution in [0.25, 0.3) is 0 Å². The minimum Gasteiger partial charge on any atom is -0.323 e. The van der Waals surface area contributed by atoms with Crippen molar-refractivity contribution in [3.8, 4) is 0 Å². The zero-order chi connectivity index (χ0) is 11.7. The Labute approximate surface area is 93.2 Å². The fourth-order valence-corrected chi connectivity index (χ4v) is 1.59. The second-order valence-electron chi connectivity index (χ2n) is 3.81. The quantitative estimate of drug-likeness (QED) is 0.754. The summed E-state index contributed by atoms with van der Waals surface area (Å²) >= 11 is 0. The molecule has 1 unspecified atom stereocenters. The molecule has 2 heterocycles. The van der Waals surface area contributed by atoms with E-state index in [1.54, 1.807) is 17.9 Å². The van der Waals surface area contributed by atoms with Gasteiger partial charge in [-0.25, -0.2) is 0 Å². The molecule has 2 N–H and O–H groups in total. The van der Waals surface area contributed by atoms with Crippen molar-refractivity contribution in [3.63, 3.8) is 0 Å². The number of rotatable bonds is 3. The van der Waals surface area contributed by atoms with Crippen LogP contribution in [0.15, 0.2) is 6.20 Å². The molecule has 2 aromatic rings. The molecule has 0 aromatic carbocycles. The van der Waals surface area contributed by atoms with E-state index in [4.69, 9.17) is 5.73 Å². The summed E-state index contributed by atoms with van der Waals surface area (Å²) in [6.45, 7) is 1.99. The van der Waals surface area contributed by atoms with E-state index in [1.807, 2.05) is 14.0 Å². The van der Waals surface area contributed by atoms with Crippen molar-refractivity contribution in [2.24, 2.45) is 19.8 Å². The lowest BCUT2D eigenvalue weighted by Gasteiger charge is -2.08. The highest BCUT2D eigenvalue weighted by Gasteiger charge is 2.15. The molecule has 1 atom stereocenters. The summed E-state index contributed by atoms with van der Waals surface area (Å²) in [7, 11) is 3.63. The van der Waals surface area contributed by atoms with E-state index in [9.17, 15) is 0 Å². The standard InChI is InChI=1S/C9H15N7/c1-6-7(5-11-15(6)2)8(10)4-9-12-14-16(3)13-9/h5,8H,4,10H2,1-3H3. The number of hydrogen-bond acceptors (Lipinski definition) is 5. The van der Waals surface area contributed by atoms with Crippen molar-refractivity contribution in [1.82, 2.24) is 30.0 Å². The maximum Gasteiger partial charge on any atom is 0.176 e. The van der Waals surface area contributed by atoms with Gasteiger partial charge in [-0.3, -0.25) is 4.68 Å². The topological polar surface area (TPSA) is 87.4 Å². The zero-order valence-electron chi connectivity index (χ0n) is 9.62. The summed E-state index contributed by atoms with van der Waals surface area (Å²) < 4.78 is 1.80. The Morgan fingerprint density at radius 1 is 1.44 bits per heavy atom. The number of aryl methyl sites for hydroxylation is 2. The van der Waals surface area contributed by atoms with Crippen LogP contribution in [-0.4, -0.2) is 30.0 Å². The first-order valence-electron chi connectivity index (χ1n) is 5.05. The van der Waals surface area contributed by atoms with E-state index in [2.05, 4.69) is 20.5 Å². The molecule has 0 amide bonds. The molecule has 2 aromatic heterocycles. The molecule has 7 heteroatoms. The van der Waals surface area contributed by atoms with Crippen LogP contribution in [0.1, 0.15) is 23.1 Å². The Kier molecular flexibility index (Phi) is 2.69. The van der Waals surface area contributed by atoms with Gasteiger partial charge in [0, 0.05) is 30.8 Å². The van der Waals surface area contributed by atoms with Crippen molar-refractivity contribution in [2.75, 3.05) is 0 Å². The van der Waals surface area contributed by atoms with Crippen molar-refractivity contribution in [2.45, 2.75) is 19.4 Å². The predicted molar refractivity (Wildman–Crippen MR) is 57.4 cm³/mol. The highest BCUT2D eigenvalue weighted by atomic mass is 15.6. The Hall–Kier alpha value is -1.76. The highest BCUT2D eigenvalue weighted by Crippen LogP contribution is 2.16. The first kappa shape index (κ1) is 10.7. The molecule has 0 saturated heterocycles. The molecule has 0 bridgehead atoms. The molecule has 86 valence electrons. The van der Waals surface area contributed by atoms with Crippen LogP contribution in [0.3, 0.4) is 0 Å². The molecule has 0 radical (unpaired) electrons. The normalized spacial score (nSPS) is 13.0. The average molecular weight is 221 g/mol. The molecular weight excluding hydrogens is 206 g/mol. The third kappa shape index (κ3) is 1.94. The van der Waals surface area contributed by atoms with E-state index in [-0.39, 0.29) is 6.04 Å². The lowest BCUT2D eigenvalue weighted by atomic mass is 10.1. The Morgan fingerprint density at radius 2 is 2.19 bits per heavy atom. The molecule has 0 aliphatic carbocycles. The van der Waals surface area contributed by atoms with Gasteiger partial charge in [-0.1, -0.05) is 0 Å². The molecule has 7 nitrogen and oxygen atoms in total. The van der Waals surface area contributed by atoms with Gasteiger partial charge >= 0.3 is 0 Å². The van der Waals surface area contributed by atoms with Crippen molar-refractivity contribution in [3.05, 3.63) is 23.3 Å². The number of nitrogens with zero attached hydrogens (tertiary/aromatic N) is 6. The van der Waals surface area contributed by atoms with E-state index in [0.717, 1.165) is 11.3 Å². The van der Waals surface area contributed by atoms with Gasteiger partial charge in [-0.2, -0.15) is 9.90 Å². The SMILES string of the molecule is Cc1c(C(N)Cc2nnn(C)n2)cnn1C. The third-order valence-electron chi connectivity index (χ3n) is 2.62. The minimum absolute atomic E-state index is 0.141. The van der Waals surface area contributed by atoms with E-state index < -0.39 is 0 Å². The number of nitrogens with two attached hydrogens (primary N) is 1. The smallest absolute Gasteiger partial charge is 0.176 e. The second-order valence-corrected chi connectivity index (χ2v) is 3.81. The summed E-state index contributed by atoms with van der Waals surface area (Å²) in [5.41, 5.74) is 8.17. The van der Waals surface area contributed by atoms with Crippen LogP contribution >= 0.6 is 0 Å². The lowest BCUT2D eigenvalue weighted by molar-refractivity contribution is 0.622. The van der Waals surface area contributed by atoms with Crippen LogP contribution in [0, 0.1) is 6.92 Å². The Bertz CT molecular complexity index is 484. The maximum atomic E-state index is 6.08. The summed E-state index contributed by atoms with van der Waals surface area (Å²) in [6.07, 6.45) is 2.36. The largest absolute Gasteiger partial charge is 0.323 e. The monoisotopic (exact) mass is 221 g/mol. The van der Waals surface area contributed by atoms with Crippen molar-refractivity contribution in [1.29, 1.82) is 0 Å². The highest BCUT2D eigenvalue weighted by molar-refractivity contribution is 5.20. The van der Waals surface area contributed by atoms with Crippen molar-refractivity contribution >= 4 is 0 Å². The van der Waals surface area contributed by atoms with Crippen LogP contribution in [0.5, 0.6) is 0 Å². The first-order chi connectivity index (χ1) is 7.58. The number of tetrazole rings is 1. The van der Waals surface area contributed by atoms with Gasteiger partial charge in [-0.15, -0.1) is 10.2 Å². The fourth-order valence-electron chi connectivity index (χ4n) is 1.59. The van der Waals surface area contributed by atoms with Crippen LogP contribution < -0.4 is 5.73 Å². The molecule has 2 rings (SSSR count). The molecular formula is C9H15N7. The molecule has 0 aliphatic rings. The number of hydrogen-bond donors (Lipinski definition) is 1. The van der Waals surface area contributed by atoms with Crippen molar-refractivity contribution < 1.29 is 0 Å². The number of aromatic nitrogens is 6. The first-order valence-corrected chi connectivity index (χ1v) is 5.05. The molecule has 0 spiro atoms. The van der Waals surface area contributed by atoms with Crippen LogP contribution in [0.4, 0.5) is 0 Å². The summed E-state index contributed by atoms with van der Waals surface area (Å²) in [4.78, 5) is 1.43. The molecule has 16 heavy (non-hydrogen) atoms. The lowest BCUT2D eigenvalue weighted by Crippen LogP contribution is -2.15. The molecule has 0 fully saturated rings. The molecule has 0 aliphatic heterocycles. The summed E-state index contributed by atoms with van der Waals surface area (Å²) in [5.74, 6) is 0.651. The second kappa shape index (κ2) is 4.01. The van der Waals surface area contributed by atoms with E-state index in [1.165, 1.54) is 4.80 Å². The Morgan fingerprint density at radius 3 is 2.69 bits per heavy atom. The van der Waals surface area contributed by atoms with Crippen LogP contribution in [0.2, 0.25) is 0 Å². The van der Waals surface area contributed by atoms with Gasteiger partial charge in [0.05, 0.1) is 13.2 Å². The minimum atomic E-state index is -0.141. The van der Waals surface area contributed by atoms with Gasteiger partial charge in [0.1, 0.15) is 0 Å².